The lowest BCUT2D eigenvalue weighted by Gasteiger charge is -2.26. The van der Waals surface area contributed by atoms with Gasteiger partial charge in [0.05, 0.1) is 18.1 Å². The van der Waals surface area contributed by atoms with E-state index in [1.165, 1.54) is 23.1 Å². The van der Waals surface area contributed by atoms with E-state index in [9.17, 15) is 4.79 Å². The Bertz CT molecular complexity index is 1050. The van der Waals surface area contributed by atoms with Crippen LogP contribution < -0.4 is 10.4 Å². The number of benzene rings is 2. The maximum Gasteiger partial charge on any atom is 0.328 e. The van der Waals surface area contributed by atoms with Crippen LogP contribution >= 0.6 is 12.4 Å². The zero-order valence-electron chi connectivity index (χ0n) is 16.9. The minimum atomic E-state index is 0. The fourth-order valence-corrected chi connectivity index (χ4v) is 4.32. The maximum atomic E-state index is 12.3. The van der Waals surface area contributed by atoms with Crippen molar-refractivity contribution in [3.8, 4) is 5.75 Å². The van der Waals surface area contributed by atoms with Crippen LogP contribution in [0.4, 0.5) is 0 Å². The highest BCUT2D eigenvalue weighted by Crippen LogP contribution is 2.35. The Morgan fingerprint density at radius 3 is 2.54 bits per heavy atom. The summed E-state index contributed by atoms with van der Waals surface area (Å²) in [6.45, 7) is 4.13. The highest BCUT2D eigenvalue weighted by molar-refractivity contribution is 5.85. The van der Waals surface area contributed by atoms with Gasteiger partial charge in [0.25, 0.3) is 0 Å². The van der Waals surface area contributed by atoms with Crippen molar-refractivity contribution in [2.75, 3.05) is 13.7 Å². The maximum absolute atomic E-state index is 12.3. The van der Waals surface area contributed by atoms with Crippen LogP contribution in [-0.4, -0.2) is 27.7 Å². The van der Waals surface area contributed by atoms with Crippen molar-refractivity contribution in [1.29, 1.82) is 0 Å². The Morgan fingerprint density at radius 2 is 1.82 bits per heavy atom. The summed E-state index contributed by atoms with van der Waals surface area (Å²) >= 11 is 0. The molecule has 1 aromatic heterocycles. The van der Waals surface area contributed by atoms with Gasteiger partial charge in [-0.2, -0.15) is 0 Å². The molecule has 0 aliphatic carbocycles. The number of nitrogens with zero attached hydrogens (tertiary/aromatic N) is 3. The van der Waals surface area contributed by atoms with Crippen molar-refractivity contribution in [2.24, 2.45) is 14.1 Å². The number of rotatable bonds is 4. The van der Waals surface area contributed by atoms with Gasteiger partial charge in [0.1, 0.15) is 5.75 Å². The molecule has 0 bridgehead atoms. The summed E-state index contributed by atoms with van der Waals surface area (Å²) in [7, 11) is 5.40. The molecule has 2 aromatic carbocycles. The molecule has 1 fully saturated rings. The molecule has 1 saturated heterocycles. The lowest BCUT2D eigenvalue weighted by atomic mass is 10.0. The second-order valence-electron chi connectivity index (χ2n) is 7.57. The molecule has 5 nitrogen and oxygen atoms in total. The van der Waals surface area contributed by atoms with Crippen molar-refractivity contribution >= 4 is 23.4 Å². The number of imidazole rings is 1. The van der Waals surface area contributed by atoms with E-state index in [1.807, 2.05) is 20.2 Å². The third-order valence-electron chi connectivity index (χ3n) is 5.95. The van der Waals surface area contributed by atoms with E-state index in [0.717, 1.165) is 36.3 Å². The van der Waals surface area contributed by atoms with Crippen molar-refractivity contribution in [3.63, 3.8) is 0 Å². The predicted molar refractivity (Wildman–Crippen MR) is 116 cm³/mol. The van der Waals surface area contributed by atoms with Crippen LogP contribution in [0.1, 0.15) is 35.6 Å². The highest BCUT2D eigenvalue weighted by Gasteiger charge is 2.27. The molecule has 4 rings (SSSR count). The minimum absolute atomic E-state index is 0. The van der Waals surface area contributed by atoms with Gasteiger partial charge >= 0.3 is 5.69 Å². The van der Waals surface area contributed by atoms with Crippen LogP contribution in [0.2, 0.25) is 0 Å². The van der Waals surface area contributed by atoms with Gasteiger partial charge in [-0.25, -0.2) is 4.79 Å². The molecule has 28 heavy (non-hydrogen) atoms. The molecule has 0 spiro atoms. The molecule has 1 unspecified atom stereocenters. The summed E-state index contributed by atoms with van der Waals surface area (Å²) in [6.07, 6.45) is 2.37. The standard InChI is InChI=1S/C22H27N3O2.ClH/c1-15-11-20-21(24(3)22(26)23(20)2)13-17(15)14-25-10-6-9-19(25)16-7-5-8-18(12-16)27-4;/h5,7-8,11-13,19H,6,9-10,14H2,1-4H3;1H. The molecule has 2 heterocycles. The van der Waals surface area contributed by atoms with E-state index in [0.29, 0.717) is 6.04 Å². The molecule has 3 aromatic rings. The molecular weight excluding hydrogens is 374 g/mol. The van der Waals surface area contributed by atoms with Crippen molar-refractivity contribution in [3.05, 3.63) is 63.6 Å². The second-order valence-corrected chi connectivity index (χ2v) is 7.57. The van der Waals surface area contributed by atoms with Gasteiger partial charge in [-0.1, -0.05) is 12.1 Å². The lowest BCUT2D eigenvalue weighted by molar-refractivity contribution is 0.247. The Hall–Kier alpha value is -2.24. The number of hydrogen-bond donors (Lipinski definition) is 0. The van der Waals surface area contributed by atoms with E-state index >= 15 is 0 Å². The fraction of sp³-hybridized carbons (Fsp3) is 0.409. The number of hydrogen-bond acceptors (Lipinski definition) is 3. The van der Waals surface area contributed by atoms with Crippen LogP contribution in [0.15, 0.2) is 41.2 Å². The third-order valence-corrected chi connectivity index (χ3v) is 5.95. The normalized spacial score (nSPS) is 17.1. The second kappa shape index (κ2) is 8.02. The fourth-order valence-electron chi connectivity index (χ4n) is 4.32. The highest BCUT2D eigenvalue weighted by atomic mass is 35.5. The van der Waals surface area contributed by atoms with Gasteiger partial charge in [-0.3, -0.25) is 14.0 Å². The summed E-state index contributed by atoms with van der Waals surface area (Å²) in [5.74, 6) is 0.913. The number of fused-ring (bicyclic) bond motifs is 1. The first-order chi connectivity index (χ1) is 13.0. The molecule has 1 aliphatic rings. The number of likely N-dealkylation sites (tertiary alicyclic amines) is 1. The largest absolute Gasteiger partial charge is 0.497 e. The van der Waals surface area contributed by atoms with Gasteiger partial charge in [-0.15, -0.1) is 12.4 Å². The first-order valence-corrected chi connectivity index (χ1v) is 9.52. The SMILES string of the molecule is COc1cccc(C2CCCN2Cc2cc3c(cc2C)n(C)c(=O)n3C)c1.Cl. The first kappa shape index (κ1) is 20.5. The summed E-state index contributed by atoms with van der Waals surface area (Å²) < 4.78 is 8.87. The smallest absolute Gasteiger partial charge is 0.328 e. The molecule has 0 saturated carbocycles. The van der Waals surface area contributed by atoms with Crippen LogP contribution in [-0.2, 0) is 20.6 Å². The van der Waals surface area contributed by atoms with Crippen LogP contribution in [0, 0.1) is 6.92 Å². The summed E-state index contributed by atoms with van der Waals surface area (Å²) in [6, 6.07) is 13.2. The summed E-state index contributed by atoms with van der Waals surface area (Å²) in [5.41, 5.74) is 5.86. The van der Waals surface area contributed by atoms with E-state index < -0.39 is 0 Å². The van der Waals surface area contributed by atoms with E-state index in [-0.39, 0.29) is 18.1 Å². The Morgan fingerprint density at radius 1 is 1.11 bits per heavy atom. The Labute approximate surface area is 171 Å². The molecule has 0 amide bonds. The predicted octanol–water partition coefficient (Wildman–Crippen LogP) is 3.95. The van der Waals surface area contributed by atoms with Gasteiger partial charge in [0, 0.05) is 26.7 Å². The van der Waals surface area contributed by atoms with Crippen LogP contribution in [0.25, 0.3) is 11.0 Å². The molecule has 0 radical (unpaired) electrons. The van der Waals surface area contributed by atoms with Gasteiger partial charge in [0.2, 0.25) is 0 Å². The molecule has 0 N–H and O–H groups in total. The minimum Gasteiger partial charge on any atom is -0.497 e. The quantitative estimate of drug-likeness (QED) is 0.664. The molecule has 1 atom stereocenters. The molecule has 150 valence electrons. The topological polar surface area (TPSA) is 39.4 Å². The van der Waals surface area contributed by atoms with E-state index in [1.54, 1.807) is 16.2 Å². The van der Waals surface area contributed by atoms with Crippen molar-refractivity contribution < 1.29 is 4.74 Å². The van der Waals surface area contributed by atoms with E-state index in [4.69, 9.17) is 4.74 Å². The number of halogens is 1. The monoisotopic (exact) mass is 401 g/mol. The third kappa shape index (κ3) is 3.45. The number of aromatic nitrogens is 2. The lowest BCUT2D eigenvalue weighted by Crippen LogP contribution is -2.23. The Balaban J connectivity index is 0.00000225. The molecule has 1 aliphatic heterocycles. The summed E-state index contributed by atoms with van der Waals surface area (Å²) in [5, 5.41) is 0. The summed E-state index contributed by atoms with van der Waals surface area (Å²) in [4.78, 5) is 14.8. The van der Waals surface area contributed by atoms with Crippen molar-refractivity contribution in [2.45, 2.75) is 32.4 Å². The van der Waals surface area contributed by atoms with Crippen LogP contribution in [0.3, 0.4) is 0 Å². The van der Waals surface area contributed by atoms with Gasteiger partial charge < -0.3 is 4.74 Å². The molecule has 6 heteroatoms. The van der Waals surface area contributed by atoms with Crippen molar-refractivity contribution in [1.82, 2.24) is 14.0 Å². The number of methoxy groups -OCH3 is 1. The van der Waals surface area contributed by atoms with Gasteiger partial charge in [-0.05, 0) is 67.3 Å². The zero-order chi connectivity index (χ0) is 19.1. The first-order valence-electron chi connectivity index (χ1n) is 9.52. The van der Waals surface area contributed by atoms with Gasteiger partial charge in [0.15, 0.2) is 0 Å². The van der Waals surface area contributed by atoms with E-state index in [2.05, 4.69) is 42.2 Å². The Kier molecular flexibility index (Phi) is 5.87. The molecular formula is C22H28ClN3O2. The number of aryl methyl sites for hydroxylation is 3. The van der Waals surface area contributed by atoms with Crippen LogP contribution in [0.5, 0.6) is 5.75 Å². The average Bonchev–Trinajstić information content (AvgIpc) is 3.22. The average molecular weight is 402 g/mol. The number of ether oxygens (including phenoxy) is 1. The zero-order valence-corrected chi connectivity index (χ0v) is 17.8.